The number of hydrogen-bond donors (Lipinski definition) is 2. The average Bonchev–Trinajstić information content (AvgIpc) is 2.72. The predicted molar refractivity (Wildman–Crippen MR) is 105 cm³/mol. The van der Waals surface area contributed by atoms with E-state index in [2.05, 4.69) is 9.97 Å². The summed E-state index contributed by atoms with van der Waals surface area (Å²) in [5, 5.41) is 8.93. The van der Waals surface area contributed by atoms with E-state index in [4.69, 9.17) is 14.6 Å². The van der Waals surface area contributed by atoms with Crippen molar-refractivity contribution in [2.45, 2.75) is 12.8 Å². The van der Waals surface area contributed by atoms with Gasteiger partial charge in [-0.05, 0) is 48.5 Å². The molecule has 7 nitrogen and oxygen atoms in total. The number of benzene rings is 2. The zero-order valence-corrected chi connectivity index (χ0v) is 15.6. The van der Waals surface area contributed by atoms with Crippen LogP contribution in [0, 0.1) is 0 Å². The van der Waals surface area contributed by atoms with E-state index in [0.29, 0.717) is 22.9 Å². The van der Waals surface area contributed by atoms with Crippen LogP contribution in [0.2, 0.25) is 0 Å². The lowest BCUT2D eigenvalue weighted by atomic mass is 10.0. The van der Waals surface area contributed by atoms with Crippen LogP contribution in [0.1, 0.15) is 12.1 Å². The van der Waals surface area contributed by atoms with E-state index in [1.807, 2.05) is 24.3 Å². The molecule has 3 aromatic rings. The molecule has 0 aliphatic carbocycles. The second kappa shape index (κ2) is 8.39. The Morgan fingerprint density at radius 2 is 1.50 bits per heavy atom. The summed E-state index contributed by atoms with van der Waals surface area (Å²) in [4.78, 5) is 30.7. The van der Waals surface area contributed by atoms with Gasteiger partial charge in [0.15, 0.2) is 0 Å². The molecule has 0 saturated heterocycles. The molecule has 2 N–H and O–H groups in total. The second-order valence-corrected chi connectivity index (χ2v) is 6.09. The molecule has 1 aromatic heterocycles. The van der Waals surface area contributed by atoms with E-state index in [1.54, 1.807) is 38.5 Å². The van der Waals surface area contributed by atoms with Crippen molar-refractivity contribution in [3.63, 3.8) is 0 Å². The molecule has 0 aliphatic rings. The van der Waals surface area contributed by atoms with Crippen molar-refractivity contribution >= 4 is 5.97 Å². The molecule has 0 unspecified atom stereocenters. The molecular weight excluding hydrogens is 360 g/mol. The van der Waals surface area contributed by atoms with Gasteiger partial charge in [0.05, 0.1) is 32.0 Å². The Labute approximate surface area is 161 Å². The molecule has 7 heteroatoms. The lowest BCUT2D eigenvalue weighted by molar-refractivity contribution is -0.136. The maximum atomic E-state index is 12.5. The number of carboxylic acids is 1. The van der Waals surface area contributed by atoms with Gasteiger partial charge < -0.3 is 19.6 Å². The summed E-state index contributed by atoms with van der Waals surface area (Å²) in [7, 11) is 3.17. The summed E-state index contributed by atoms with van der Waals surface area (Å²) >= 11 is 0. The zero-order chi connectivity index (χ0) is 20.1. The highest BCUT2D eigenvalue weighted by Crippen LogP contribution is 2.30. The summed E-state index contributed by atoms with van der Waals surface area (Å²) in [5.74, 6) is 0.417. The Kier molecular flexibility index (Phi) is 5.74. The molecule has 0 saturated carbocycles. The van der Waals surface area contributed by atoms with Gasteiger partial charge in [-0.15, -0.1) is 0 Å². The standard InChI is InChI=1S/C21H20N2O5/c1-27-15-7-3-13(4-8-15)19-20(14-5-9-16(28-2)10-6-14)23-21(26)17(22-19)11-12-18(24)25/h3-10H,11-12H2,1-2H3,(H,23,26)(H,24,25). The first-order valence-corrected chi connectivity index (χ1v) is 8.65. The monoisotopic (exact) mass is 380 g/mol. The molecule has 3 rings (SSSR count). The third kappa shape index (κ3) is 4.20. The fourth-order valence-electron chi connectivity index (χ4n) is 2.81. The summed E-state index contributed by atoms with van der Waals surface area (Å²) in [6.45, 7) is 0. The number of ether oxygens (including phenoxy) is 2. The third-order valence-corrected chi connectivity index (χ3v) is 4.30. The van der Waals surface area contributed by atoms with Gasteiger partial charge in [0.25, 0.3) is 5.56 Å². The van der Waals surface area contributed by atoms with E-state index in [9.17, 15) is 9.59 Å². The van der Waals surface area contributed by atoms with Crippen molar-refractivity contribution in [2.75, 3.05) is 14.2 Å². The first kappa shape index (κ1) is 19.2. The van der Waals surface area contributed by atoms with Gasteiger partial charge in [-0.1, -0.05) is 0 Å². The van der Waals surface area contributed by atoms with E-state index in [-0.39, 0.29) is 18.5 Å². The molecule has 28 heavy (non-hydrogen) atoms. The van der Waals surface area contributed by atoms with Crippen LogP contribution in [0.25, 0.3) is 22.5 Å². The van der Waals surface area contributed by atoms with Crippen LogP contribution >= 0.6 is 0 Å². The van der Waals surface area contributed by atoms with Crippen molar-refractivity contribution in [3.8, 4) is 34.0 Å². The quantitative estimate of drug-likeness (QED) is 0.653. The van der Waals surface area contributed by atoms with Crippen LogP contribution in [0.4, 0.5) is 0 Å². The van der Waals surface area contributed by atoms with Crippen molar-refractivity contribution in [3.05, 3.63) is 64.6 Å². The number of H-pyrrole nitrogens is 1. The minimum Gasteiger partial charge on any atom is -0.497 e. The Hall–Kier alpha value is -3.61. The van der Waals surface area contributed by atoms with Gasteiger partial charge in [0.2, 0.25) is 0 Å². The maximum absolute atomic E-state index is 12.5. The van der Waals surface area contributed by atoms with Crippen LogP contribution in [0.5, 0.6) is 11.5 Å². The molecular formula is C21H20N2O5. The van der Waals surface area contributed by atoms with E-state index < -0.39 is 11.5 Å². The molecule has 0 fully saturated rings. The first-order chi connectivity index (χ1) is 13.5. The number of aromatic nitrogens is 2. The molecule has 0 aliphatic heterocycles. The number of aliphatic carboxylic acids is 1. The van der Waals surface area contributed by atoms with E-state index >= 15 is 0 Å². The van der Waals surface area contributed by atoms with Gasteiger partial charge in [-0.25, -0.2) is 4.98 Å². The highest BCUT2D eigenvalue weighted by molar-refractivity contribution is 5.78. The zero-order valence-electron chi connectivity index (χ0n) is 15.6. The number of methoxy groups -OCH3 is 2. The fourth-order valence-corrected chi connectivity index (χ4v) is 2.81. The van der Waals surface area contributed by atoms with Gasteiger partial charge >= 0.3 is 5.97 Å². The van der Waals surface area contributed by atoms with Crippen LogP contribution in [-0.2, 0) is 11.2 Å². The van der Waals surface area contributed by atoms with E-state index in [0.717, 1.165) is 11.1 Å². The average molecular weight is 380 g/mol. The number of aromatic amines is 1. The number of rotatable bonds is 7. The SMILES string of the molecule is COc1ccc(-c2nc(CCC(=O)O)c(=O)[nH]c2-c2ccc(OC)cc2)cc1. The summed E-state index contributed by atoms with van der Waals surface area (Å²) in [6, 6.07) is 14.5. The molecule has 1 heterocycles. The lowest BCUT2D eigenvalue weighted by Crippen LogP contribution is -2.18. The van der Waals surface area contributed by atoms with Crippen molar-refractivity contribution < 1.29 is 19.4 Å². The maximum Gasteiger partial charge on any atom is 0.303 e. The van der Waals surface area contributed by atoms with E-state index in [1.165, 1.54) is 0 Å². The van der Waals surface area contributed by atoms with Crippen molar-refractivity contribution in [1.82, 2.24) is 9.97 Å². The number of carbonyl (C=O) groups is 1. The van der Waals surface area contributed by atoms with Gasteiger partial charge in [0, 0.05) is 17.5 Å². The summed E-state index contributed by atoms with van der Waals surface area (Å²) in [5.41, 5.74) is 2.44. The molecule has 144 valence electrons. The Bertz CT molecular complexity index is 1020. The first-order valence-electron chi connectivity index (χ1n) is 8.65. The van der Waals surface area contributed by atoms with Crippen LogP contribution < -0.4 is 15.0 Å². The Morgan fingerprint density at radius 1 is 0.964 bits per heavy atom. The molecule has 0 radical (unpaired) electrons. The number of aryl methyl sites for hydroxylation is 1. The topological polar surface area (TPSA) is 102 Å². The smallest absolute Gasteiger partial charge is 0.303 e. The molecule has 0 spiro atoms. The van der Waals surface area contributed by atoms with Crippen molar-refractivity contribution in [1.29, 1.82) is 0 Å². The van der Waals surface area contributed by atoms with Crippen LogP contribution in [0.3, 0.4) is 0 Å². The number of carboxylic acid groups (broad SMARTS) is 1. The molecule has 0 amide bonds. The third-order valence-electron chi connectivity index (χ3n) is 4.30. The number of nitrogens with one attached hydrogen (secondary N) is 1. The number of hydrogen-bond acceptors (Lipinski definition) is 5. The number of nitrogens with zero attached hydrogens (tertiary/aromatic N) is 1. The molecule has 0 atom stereocenters. The Morgan fingerprint density at radius 3 is 2.00 bits per heavy atom. The second-order valence-electron chi connectivity index (χ2n) is 6.09. The Balaban J connectivity index is 2.13. The molecule has 0 bridgehead atoms. The lowest BCUT2D eigenvalue weighted by Gasteiger charge is -2.12. The predicted octanol–water partition coefficient (Wildman–Crippen LogP) is 3.14. The van der Waals surface area contributed by atoms with Gasteiger partial charge in [0.1, 0.15) is 17.2 Å². The fraction of sp³-hybridized carbons (Fsp3) is 0.190. The summed E-state index contributed by atoms with van der Waals surface area (Å²) < 4.78 is 10.4. The molecule has 2 aromatic carbocycles. The van der Waals surface area contributed by atoms with Crippen LogP contribution in [-0.4, -0.2) is 35.3 Å². The summed E-state index contributed by atoms with van der Waals surface area (Å²) in [6.07, 6.45) is -0.114. The normalized spacial score (nSPS) is 10.5. The minimum absolute atomic E-state index is 0.0523. The minimum atomic E-state index is -0.980. The highest BCUT2D eigenvalue weighted by atomic mass is 16.5. The van der Waals surface area contributed by atoms with Crippen molar-refractivity contribution in [2.24, 2.45) is 0 Å². The van der Waals surface area contributed by atoms with Crippen LogP contribution in [0.15, 0.2) is 53.3 Å². The van der Waals surface area contributed by atoms with Gasteiger partial charge in [-0.2, -0.15) is 0 Å². The van der Waals surface area contributed by atoms with Gasteiger partial charge in [-0.3, -0.25) is 9.59 Å². The highest BCUT2D eigenvalue weighted by Gasteiger charge is 2.15. The largest absolute Gasteiger partial charge is 0.497 e.